The molecule has 0 unspecified atom stereocenters. The third-order valence-electron chi connectivity index (χ3n) is 5.99. The van der Waals surface area contributed by atoms with Gasteiger partial charge in [0.15, 0.2) is 5.76 Å². The fourth-order valence-corrected chi connectivity index (χ4v) is 4.07. The normalized spacial score (nSPS) is 15.6. The van der Waals surface area contributed by atoms with Crippen molar-refractivity contribution >= 4 is 16.5 Å². The van der Waals surface area contributed by atoms with Crippen molar-refractivity contribution in [2.75, 3.05) is 45.9 Å². The standard InChI is InChI=1S/C24H27N5O2/c1-2-27-8-10-28(11-9-27)12-13-30-19-5-6-23-20(15-19)21(25)16-24(31-23)22-14-18-4-3-7-29(18)17-26-22/h3-7,14-17,25H,2,8-13H2,1H3. The lowest BCUT2D eigenvalue weighted by molar-refractivity contribution is 0.121. The Morgan fingerprint density at radius 2 is 1.90 bits per heavy atom. The summed E-state index contributed by atoms with van der Waals surface area (Å²) in [6, 6.07) is 13.4. The first-order valence-corrected chi connectivity index (χ1v) is 10.8. The molecule has 7 nitrogen and oxygen atoms in total. The Kier molecular flexibility index (Phi) is 5.44. The third kappa shape index (κ3) is 4.19. The fourth-order valence-electron chi connectivity index (χ4n) is 4.07. The molecule has 160 valence electrons. The largest absolute Gasteiger partial charge is 0.492 e. The van der Waals surface area contributed by atoms with Crippen LogP contribution in [-0.2, 0) is 0 Å². The number of hydrogen-bond donors (Lipinski definition) is 1. The van der Waals surface area contributed by atoms with Gasteiger partial charge in [0.1, 0.15) is 23.6 Å². The summed E-state index contributed by atoms with van der Waals surface area (Å²) in [6.45, 7) is 9.34. The number of hydrogen-bond acceptors (Lipinski definition) is 6. The predicted molar refractivity (Wildman–Crippen MR) is 120 cm³/mol. The van der Waals surface area contributed by atoms with Crippen LogP contribution < -0.4 is 10.1 Å². The molecule has 1 saturated heterocycles. The SMILES string of the molecule is CCN1CCN(CCOc2ccc3oc(-c4cc5cccn5cn4)cc(=N)c3c2)CC1. The van der Waals surface area contributed by atoms with Crippen molar-refractivity contribution in [3.63, 3.8) is 0 Å². The van der Waals surface area contributed by atoms with Gasteiger partial charge in [0.2, 0.25) is 0 Å². The molecule has 0 atom stereocenters. The Bertz CT molecular complexity index is 1250. The van der Waals surface area contributed by atoms with Gasteiger partial charge in [-0.15, -0.1) is 0 Å². The van der Waals surface area contributed by atoms with Crippen LogP contribution in [0.1, 0.15) is 6.92 Å². The number of piperazine rings is 1. The number of nitrogens with zero attached hydrogens (tertiary/aromatic N) is 4. The maximum absolute atomic E-state index is 8.50. The molecule has 4 aromatic rings. The Labute approximate surface area is 181 Å². The van der Waals surface area contributed by atoms with Crippen LogP contribution in [0, 0.1) is 5.41 Å². The molecule has 0 radical (unpaired) electrons. The van der Waals surface area contributed by atoms with E-state index in [1.165, 1.54) is 0 Å². The molecule has 1 fully saturated rings. The van der Waals surface area contributed by atoms with Crippen molar-refractivity contribution in [3.8, 4) is 17.2 Å². The molecule has 1 N–H and O–H groups in total. The van der Waals surface area contributed by atoms with Crippen LogP contribution in [-0.4, -0.2) is 65.1 Å². The van der Waals surface area contributed by atoms with E-state index in [1.54, 1.807) is 12.4 Å². The van der Waals surface area contributed by atoms with Crippen molar-refractivity contribution in [2.24, 2.45) is 0 Å². The molecular weight excluding hydrogens is 390 g/mol. The topological polar surface area (TPSA) is 70.0 Å². The van der Waals surface area contributed by atoms with Gasteiger partial charge in [-0.05, 0) is 42.9 Å². The van der Waals surface area contributed by atoms with E-state index in [2.05, 4.69) is 21.7 Å². The molecule has 0 spiro atoms. The highest BCUT2D eigenvalue weighted by Crippen LogP contribution is 2.24. The van der Waals surface area contributed by atoms with E-state index < -0.39 is 0 Å². The lowest BCUT2D eigenvalue weighted by Crippen LogP contribution is -2.47. The highest BCUT2D eigenvalue weighted by atomic mass is 16.5. The summed E-state index contributed by atoms with van der Waals surface area (Å²) in [7, 11) is 0. The second-order valence-electron chi connectivity index (χ2n) is 7.92. The monoisotopic (exact) mass is 417 g/mol. The summed E-state index contributed by atoms with van der Waals surface area (Å²) in [5, 5.41) is 9.63. The van der Waals surface area contributed by atoms with Crippen molar-refractivity contribution in [2.45, 2.75) is 6.92 Å². The summed E-state index contributed by atoms with van der Waals surface area (Å²) >= 11 is 0. The van der Waals surface area contributed by atoms with E-state index in [0.29, 0.717) is 29.0 Å². The number of likely N-dealkylation sites (N-methyl/N-ethyl adjacent to an activating group) is 1. The van der Waals surface area contributed by atoms with Gasteiger partial charge >= 0.3 is 0 Å². The Hall–Kier alpha value is -3.16. The minimum absolute atomic E-state index is 0.398. The highest BCUT2D eigenvalue weighted by molar-refractivity contribution is 5.79. The molecule has 0 amide bonds. The number of aromatic nitrogens is 2. The van der Waals surface area contributed by atoms with Crippen molar-refractivity contribution in [1.29, 1.82) is 5.41 Å². The molecule has 5 rings (SSSR count). The molecular formula is C24H27N5O2. The molecule has 1 aromatic carbocycles. The van der Waals surface area contributed by atoms with E-state index in [4.69, 9.17) is 14.6 Å². The van der Waals surface area contributed by atoms with E-state index in [9.17, 15) is 0 Å². The molecule has 3 aromatic heterocycles. The lowest BCUT2D eigenvalue weighted by Gasteiger charge is -2.33. The quantitative estimate of drug-likeness (QED) is 0.522. The zero-order valence-corrected chi connectivity index (χ0v) is 17.8. The number of fused-ring (bicyclic) bond motifs is 2. The van der Waals surface area contributed by atoms with Crippen LogP contribution in [0.2, 0.25) is 0 Å². The third-order valence-corrected chi connectivity index (χ3v) is 5.99. The predicted octanol–water partition coefficient (Wildman–Crippen LogP) is 3.24. The zero-order valence-electron chi connectivity index (χ0n) is 17.8. The van der Waals surface area contributed by atoms with Gasteiger partial charge in [-0.3, -0.25) is 10.3 Å². The smallest absolute Gasteiger partial charge is 0.155 e. The van der Waals surface area contributed by atoms with Crippen LogP contribution in [0.15, 0.2) is 59.4 Å². The van der Waals surface area contributed by atoms with Crippen LogP contribution >= 0.6 is 0 Å². The molecule has 0 aliphatic carbocycles. The molecule has 1 aliphatic rings. The number of nitrogens with one attached hydrogen (secondary N) is 1. The maximum atomic E-state index is 8.50. The molecule has 31 heavy (non-hydrogen) atoms. The minimum Gasteiger partial charge on any atom is -0.492 e. The summed E-state index contributed by atoms with van der Waals surface area (Å²) in [4.78, 5) is 9.38. The highest BCUT2D eigenvalue weighted by Gasteiger charge is 2.15. The van der Waals surface area contributed by atoms with Gasteiger partial charge in [-0.25, -0.2) is 4.98 Å². The van der Waals surface area contributed by atoms with E-state index in [0.717, 1.165) is 55.9 Å². The molecule has 1 aliphatic heterocycles. The Morgan fingerprint density at radius 3 is 2.74 bits per heavy atom. The van der Waals surface area contributed by atoms with Gasteiger partial charge in [0, 0.05) is 55.9 Å². The van der Waals surface area contributed by atoms with Gasteiger partial charge < -0.3 is 18.5 Å². The second-order valence-corrected chi connectivity index (χ2v) is 7.92. The van der Waals surface area contributed by atoms with Crippen molar-refractivity contribution < 1.29 is 9.15 Å². The van der Waals surface area contributed by atoms with E-state index in [-0.39, 0.29) is 0 Å². The number of benzene rings is 1. The second kappa shape index (κ2) is 8.53. The van der Waals surface area contributed by atoms with Crippen molar-refractivity contribution in [3.05, 3.63) is 60.3 Å². The average Bonchev–Trinajstić information content (AvgIpc) is 3.28. The summed E-state index contributed by atoms with van der Waals surface area (Å²) < 4.78 is 14.0. The van der Waals surface area contributed by atoms with Crippen LogP contribution in [0.4, 0.5) is 0 Å². The first-order chi connectivity index (χ1) is 15.2. The molecule has 7 heteroatoms. The van der Waals surface area contributed by atoms with Crippen LogP contribution in [0.25, 0.3) is 27.9 Å². The van der Waals surface area contributed by atoms with E-state index >= 15 is 0 Å². The Morgan fingerprint density at radius 1 is 1.06 bits per heavy atom. The van der Waals surface area contributed by atoms with Crippen LogP contribution in [0.5, 0.6) is 5.75 Å². The average molecular weight is 418 g/mol. The van der Waals surface area contributed by atoms with Gasteiger partial charge in [-0.2, -0.15) is 0 Å². The van der Waals surface area contributed by atoms with Crippen molar-refractivity contribution in [1.82, 2.24) is 19.2 Å². The minimum atomic E-state index is 0.398. The van der Waals surface area contributed by atoms with Gasteiger partial charge in [0.05, 0.1) is 11.7 Å². The molecule has 0 saturated carbocycles. The zero-order chi connectivity index (χ0) is 21.2. The summed E-state index contributed by atoms with van der Waals surface area (Å²) in [5.74, 6) is 1.35. The van der Waals surface area contributed by atoms with Gasteiger partial charge in [0.25, 0.3) is 0 Å². The number of rotatable bonds is 6. The molecule has 4 heterocycles. The van der Waals surface area contributed by atoms with Gasteiger partial charge in [-0.1, -0.05) is 6.92 Å². The fraction of sp³-hybridized carbons (Fsp3) is 0.333. The van der Waals surface area contributed by atoms with E-state index in [1.807, 2.05) is 47.0 Å². The first kappa shape index (κ1) is 19.8. The Balaban J connectivity index is 1.29. The molecule has 0 bridgehead atoms. The summed E-state index contributed by atoms with van der Waals surface area (Å²) in [5.41, 5.74) is 2.40. The van der Waals surface area contributed by atoms with Crippen LogP contribution in [0.3, 0.4) is 0 Å². The summed E-state index contributed by atoms with van der Waals surface area (Å²) in [6.07, 6.45) is 3.71. The number of ether oxygens (including phenoxy) is 1. The maximum Gasteiger partial charge on any atom is 0.155 e. The lowest BCUT2D eigenvalue weighted by atomic mass is 10.2. The first-order valence-electron chi connectivity index (χ1n) is 10.8.